The van der Waals surface area contributed by atoms with Crippen LogP contribution in [0.1, 0.15) is 21.5 Å². The van der Waals surface area contributed by atoms with Crippen LogP contribution < -0.4 is 5.32 Å². The van der Waals surface area contributed by atoms with E-state index in [1.807, 2.05) is 54.6 Å². The summed E-state index contributed by atoms with van der Waals surface area (Å²) in [4.78, 5) is 22.8. The molecule has 1 N–H and O–H groups in total. The molecule has 0 unspecified atom stereocenters. The van der Waals surface area contributed by atoms with E-state index >= 15 is 0 Å². The van der Waals surface area contributed by atoms with Crippen molar-refractivity contribution >= 4 is 29.4 Å². The molecule has 0 fully saturated rings. The Bertz CT molecular complexity index is 949. The zero-order chi connectivity index (χ0) is 18.4. The van der Waals surface area contributed by atoms with E-state index in [0.717, 1.165) is 11.1 Å². The molecular formula is C21H16N2O3. The van der Waals surface area contributed by atoms with Gasteiger partial charge in [-0.2, -0.15) is 0 Å². The van der Waals surface area contributed by atoms with E-state index in [-0.39, 0.29) is 11.3 Å². The fraction of sp³-hybridized carbons (Fsp3) is 0. The number of benzene rings is 3. The molecule has 0 spiro atoms. The van der Waals surface area contributed by atoms with Gasteiger partial charge in [-0.1, -0.05) is 66.7 Å². The zero-order valence-electron chi connectivity index (χ0n) is 13.8. The number of carbonyl (C=O) groups is 1. The van der Waals surface area contributed by atoms with Crippen molar-refractivity contribution < 1.29 is 9.72 Å². The minimum absolute atomic E-state index is 0.0329. The maximum atomic E-state index is 12.3. The molecular weight excluding hydrogens is 328 g/mol. The Morgan fingerprint density at radius 1 is 0.808 bits per heavy atom. The number of amides is 1. The number of hydrogen-bond donors (Lipinski definition) is 1. The normalized spacial score (nSPS) is 10.6. The summed E-state index contributed by atoms with van der Waals surface area (Å²) in [5.74, 6) is -0.509. The molecule has 3 aromatic carbocycles. The second kappa shape index (κ2) is 7.90. The second-order valence-electron chi connectivity index (χ2n) is 5.59. The van der Waals surface area contributed by atoms with Crippen LogP contribution >= 0.6 is 0 Å². The van der Waals surface area contributed by atoms with Crippen LogP contribution in [0, 0.1) is 10.1 Å². The average molecular weight is 344 g/mol. The minimum atomic E-state index is -0.563. The molecule has 0 aliphatic carbocycles. The molecule has 0 atom stereocenters. The first-order valence-electron chi connectivity index (χ1n) is 8.01. The van der Waals surface area contributed by atoms with E-state index in [0.29, 0.717) is 5.69 Å². The first kappa shape index (κ1) is 17.1. The quantitative estimate of drug-likeness (QED) is 0.401. The second-order valence-corrected chi connectivity index (χ2v) is 5.59. The molecule has 0 aliphatic heterocycles. The Hall–Kier alpha value is -3.73. The van der Waals surface area contributed by atoms with E-state index in [1.54, 1.807) is 18.2 Å². The number of para-hydroxylation sites is 1. The number of anilines is 1. The molecule has 0 radical (unpaired) electrons. The van der Waals surface area contributed by atoms with Crippen molar-refractivity contribution in [2.75, 3.05) is 5.32 Å². The lowest BCUT2D eigenvalue weighted by Gasteiger charge is -2.06. The first-order chi connectivity index (χ1) is 12.6. The van der Waals surface area contributed by atoms with Gasteiger partial charge in [0.1, 0.15) is 5.56 Å². The molecule has 5 nitrogen and oxygen atoms in total. The van der Waals surface area contributed by atoms with Gasteiger partial charge in [0.05, 0.1) is 4.92 Å². The summed E-state index contributed by atoms with van der Waals surface area (Å²) in [5.41, 5.74) is 2.47. The average Bonchev–Trinajstić information content (AvgIpc) is 2.68. The number of hydrogen-bond acceptors (Lipinski definition) is 3. The summed E-state index contributed by atoms with van der Waals surface area (Å²) in [6, 6.07) is 23.1. The summed E-state index contributed by atoms with van der Waals surface area (Å²) in [6.07, 6.45) is 3.98. The first-order valence-corrected chi connectivity index (χ1v) is 8.01. The van der Waals surface area contributed by atoms with Gasteiger partial charge >= 0.3 is 0 Å². The lowest BCUT2D eigenvalue weighted by molar-refractivity contribution is -0.385. The maximum absolute atomic E-state index is 12.3. The van der Waals surface area contributed by atoms with Crippen LogP contribution in [0.4, 0.5) is 11.4 Å². The summed E-state index contributed by atoms with van der Waals surface area (Å²) in [7, 11) is 0. The third-order valence-corrected chi connectivity index (χ3v) is 3.78. The summed E-state index contributed by atoms with van der Waals surface area (Å²) in [6.45, 7) is 0. The van der Waals surface area contributed by atoms with Crippen molar-refractivity contribution in [2.45, 2.75) is 0 Å². The number of rotatable bonds is 5. The Kier molecular flexibility index (Phi) is 5.19. The van der Waals surface area contributed by atoms with E-state index < -0.39 is 10.8 Å². The molecule has 1 amide bonds. The van der Waals surface area contributed by atoms with Gasteiger partial charge in [-0.15, -0.1) is 0 Å². The van der Waals surface area contributed by atoms with Gasteiger partial charge in [-0.05, 0) is 29.3 Å². The third-order valence-electron chi connectivity index (χ3n) is 3.78. The predicted molar refractivity (Wildman–Crippen MR) is 103 cm³/mol. The summed E-state index contributed by atoms with van der Waals surface area (Å²) >= 11 is 0. The topological polar surface area (TPSA) is 72.2 Å². The fourth-order valence-electron chi connectivity index (χ4n) is 2.46. The molecule has 0 heterocycles. The van der Waals surface area contributed by atoms with Crippen LogP contribution in [-0.2, 0) is 0 Å². The van der Waals surface area contributed by atoms with Gasteiger partial charge in [-0.25, -0.2) is 0 Å². The Balaban J connectivity index is 1.71. The molecule has 5 heteroatoms. The van der Waals surface area contributed by atoms with Crippen LogP contribution in [0.3, 0.4) is 0 Å². The Labute approximate surface area is 150 Å². The SMILES string of the molecule is O=C(Nc1ccc(/C=C/c2ccccc2)cc1)c1ccccc1[N+](=O)[O-]. The number of nitro groups is 1. The minimum Gasteiger partial charge on any atom is -0.322 e. The lowest BCUT2D eigenvalue weighted by atomic mass is 10.1. The van der Waals surface area contributed by atoms with E-state index in [4.69, 9.17) is 0 Å². The highest BCUT2D eigenvalue weighted by Gasteiger charge is 2.18. The van der Waals surface area contributed by atoms with Crippen molar-refractivity contribution in [1.82, 2.24) is 0 Å². The molecule has 3 aromatic rings. The van der Waals surface area contributed by atoms with Crippen LogP contribution in [0.2, 0.25) is 0 Å². The van der Waals surface area contributed by atoms with Gasteiger partial charge in [0.15, 0.2) is 0 Å². The van der Waals surface area contributed by atoms with Gasteiger partial charge in [-0.3, -0.25) is 14.9 Å². The largest absolute Gasteiger partial charge is 0.322 e. The standard InChI is InChI=1S/C21H16N2O3/c24-21(19-8-4-5-9-20(19)23(25)26)22-18-14-12-17(13-15-18)11-10-16-6-2-1-3-7-16/h1-15H,(H,22,24)/b11-10+. The third kappa shape index (κ3) is 4.21. The van der Waals surface area contributed by atoms with E-state index in [2.05, 4.69) is 5.32 Å². The van der Waals surface area contributed by atoms with Crippen molar-refractivity contribution in [3.63, 3.8) is 0 Å². The van der Waals surface area contributed by atoms with Crippen molar-refractivity contribution in [3.8, 4) is 0 Å². The Morgan fingerprint density at radius 2 is 1.38 bits per heavy atom. The van der Waals surface area contributed by atoms with E-state index in [9.17, 15) is 14.9 Å². The molecule has 3 rings (SSSR count). The Morgan fingerprint density at radius 3 is 2.04 bits per heavy atom. The summed E-state index contributed by atoms with van der Waals surface area (Å²) in [5, 5.41) is 13.7. The van der Waals surface area contributed by atoms with Crippen LogP contribution in [0.5, 0.6) is 0 Å². The predicted octanol–water partition coefficient (Wildman–Crippen LogP) is 5.02. The fourth-order valence-corrected chi connectivity index (χ4v) is 2.46. The highest BCUT2D eigenvalue weighted by atomic mass is 16.6. The van der Waals surface area contributed by atoms with Gasteiger partial charge in [0, 0.05) is 11.8 Å². The molecule has 26 heavy (non-hydrogen) atoms. The molecule has 128 valence electrons. The van der Waals surface area contributed by atoms with Crippen LogP contribution in [0.15, 0.2) is 78.9 Å². The van der Waals surface area contributed by atoms with Crippen molar-refractivity contribution in [2.24, 2.45) is 0 Å². The molecule has 0 saturated carbocycles. The van der Waals surface area contributed by atoms with Gasteiger partial charge < -0.3 is 5.32 Å². The molecule has 0 bridgehead atoms. The zero-order valence-corrected chi connectivity index (χ0v) is 13.8. The number of carbonyl (C=O) groups excluding carboxylic acids is 1. The number of nitro benzene ring substituents is 1. The highest BCUT2D eigenvalue weighted by Crippen LogP contribution is 2.20. The van der Waals surface area contributed by atoms with Crippen molar-refractivity contribution in [1.29, 1.82) is 0 Å². The monoisotopic (exact) mass is 344 g/mol. The number of nitrogens with zero attached hydrogens (tertiary/aromatic N) is 1. The summed E-state index contributed by atoms with van der Waals surface area (Å²) < 4.78 is 0. The van der Waals surface area contributed by atoms with Crippen LogP contribution in [-0.4, -0.2) is 10.8 Å². The molecule has 0 aliphatic rings. The van der Waals surface area contributed by atoms with E-state index in [1.165, 1.54) is 18.2 Å². The highest BCUT2D eigenvalue weighted by molar-refractivity contribution is 6.07. The molecule has 0 aromatic heterocycles. The van der Waals surface area contributed by atoms with Crippen LogP contribution in [0.25, 0.3) is 12.2 Å². The number of nitrogens with one attached hydrogen (secondary N) is 1. The van der Waals surface area contributed by atoms with Gasteiger partial charge in [0.2, 0.25) is 0 Å². The van der Waals surface area contributed by atoms with Crippen molar-refractivity contribution in [3.05, 3.63) is 106 Å². The smallest absolute Gasteiger partial charge is 0.282 e. The lowest BCUT2D eigenvalue weighted by Crippen LogP contribution is -2.13. The molecule has 0 saturated heterocycles. The van der Waals surface area contributed by atoms with Gasteiger partial charge in [0.25, 0.3) is 11.6 Å². The maximum Gasteiger partial charge on any atom is 0.282 e.